The molecule has 0 N–H and O–H groups in total. The van der Waals surface area contributed by atoms with E-state index >= 15 is 0 Å². The molecule has 5 aromatic rings. The van der Waals surface area contributed by atoms with Crippen molar-refractivity contribution in [1.82, 2.24) is 29.2 Å². The second kappa shape index (κ2) is 11.5. The Hall–Kier alpha value is -4.38. The largest absolute Gasteiger partial charge is 0.465 e. The van der Waals surface area contributed by atoms with Crippen LogP contribution >= 0.6 is 0 Å². The number of pyridine rings is 1. The molecule has 0 bridgehead atoms. The summed E-state index contributed by atoms with van der Waals surface area (Å²) in [6.07, 6.45) is 2.27. The fourth-order valence-electron chi connectivity index (χ4n) is 5.11. The molecule has 0 spiro atoms. The molecule has 0 saturated heterocycles. The van der Waals surface area contributed by atoms with E-state index in [2.05, 4.69) is 15.5 Å². The summed E-state index contributed by atoms with van der Waals surface area (Å²) in [6.45, 7) is 12.0. The highest BCUT2D eigenvalue weighted by atomic mass is 32.2. The van der Waals surface area contributed by atoms with Gasteiger partial charge in [0.2, 0.25) is 0 Å². The molecule has 0 aliphatic heterocycles. The van der Waals surface area contributed by atoms with Crippen LogP contribution in [0.5, 0.6) is 0 Å². The third-order valence-corrected chi connectivity index (χ3v) is 9.01. The van der Waals surface area contributed by atoms with E-state index in [9.17, 15) is 13.2 Å². The van der Waals surface area contributed by atoms with Gasteiger partial charge >= 0.3 is 5.97 Å². The molecular weight excluding hydrogens is 552 g/mol. The van der Waals surface area contributed by atoms with Gasteiger partial charge in [0.25, 0.3) is 10.0 Å². The van der Waals surface area contributed by atoms with Gasteiger partial charge < -0.3 is 4.74 Å². The van der Waals surface area contributed by atoms with Crippen LogP contribution in [0.15, 0.2) is 59.6 Å². The lowest BCUT2D eigenvalue weighted by atomic mass is 9.95. The van der Waals surface area contributed by atoms with Crippen molar-refractivity contribution in [3.8, 4) is 11.4 Å². The molecule has 3 heterocycles. The number of ether oxygens (including phenoxy) is 1. The molecular formula is C31H34N6O4S. The van der Waals surface area contributed by atoms with Gasteiger partial charge in [0, 0.05) is 23.9 Å². The average molecular weight is 587 g/mol. The molecule has 42 heavy (non-hydrogen) atoms. The van der Waals surface area contributed by atoms with Gasteiger partial charge in [-0.15, -0.1) is 5.10 Å². The van der Waals surface area contributed by atoms with Crippen LogP contribution in [-0.4, -0.2) is 50.2 Å². The summed E-state index contributed by atoms with van der Waals surface area (Å²) in [6, 6.07) is 14.6. The highest BCUT2D eigenvalue weighted by molar-refractivity contribution is 7.90. The van der Waals surface area contributed by atoms with Crippen LogP contribution in [0.4, 0.5) is 0 Å². The van der Waals surface area contributed by atoms with E-state index < -0.39 is 16.0 Å². The number of tetrazole rings is 1. The van der Waals surface area contributed by atoms with Gasteiger partial charge in [0.05, 0.1) is 22.5 Å². The van der Waals surface area contributed by atoms with Crippen LogP contribution in [0.1, 0.15) is 60.2 Å². The third-order valence-electron chi connectivity index (χ3n) is 7.33. The Labute approximate surface area is 245 Å². The van der Waals surface area contributed by atoms with Crippen molar-refractivity contribution in [2.45, 2.75) is 65.3 Å². The quantitative estimate of drug-likeness (QED) is 0.218. The van der Waals surface area contributed by atoms with Crippen LogP contribution in [0.2, 0.25) is 0 Å². The third kappa shape index (κ3) is 5.56. The normalized spacial score (nSPS) is 11.9. The van der Waals surface area contributed by atoms with E-state index in [4.69, 9.17) is 9.72 Å². The van der Waals surface area contributed by atoms with Gasteiger partial charge in [-0.2, -0.15) is 0 Å². The smallest absolute Gasteiger partial charge is 0.327 e. The van der Waals surface area contributed by atoms with Gasteiger partial charge in [0.15, 0.2) is 5.82 Å². The fourth-order valence-corrected chi connectivity index (χ4v) is 6.48. The van der Waals surface area contributed by atoms with E-state index in [-0.39, 0.29) is 24.0 Å². The number of aryl methyl sites for hydroxylation is 3. The number of carbonyl (C=O) groups excluding carboxylic acids is 1. The first-order chi connectivity index (χ1) is 20.0. The van der Waals surface area contributed by atoms with Crippen LogP contribution in [0.3, 0.4) is 0 Å². The highest BCUT2D eigenvalue weighted by Crippen LogP contribution is 2.31. The minimum Gasteiger partial charge on any atom is -0.465 e. The molecule has 2 aromatic carbocycles. The number of benzene rings is 2. The minimum absolute atomic E-state index is 0.0720. The number of esters is 1. The van der Waals surface area contributed by atoms with E-state index in [1.165, 1.54) is 8.65 Å². The predicted molar refractivity (Wildman–Crippen MR) is 160 cm³/mol. The standard InChI is InChI=1S/C31H34N6O4S/c1-7-41-29(38)18-36-31(33-34-35-36)23-14-21(5)26(22(6)15-23)16-24-10-13-28-30(32-24)27(19(2)3)17-37(28)42(39,40)25-11-8-20(4)9-12-25/h8-15,17,19H,7,16,18H2,1-6H3. The highest BCUT2D eigenvalue weighted by Gasteiger charge is 2.24. The first-order valence-corrected chi connectivity index (χ1v) is 15.3. The molecule has 0 unspecified atom stereocenters. The molecule has 0 aliphatic carbocycles. The lowest BCUT2D eigenvalue weighted by Gasteiger charge is -2.13. The Morgan fingerprint density at radius 1 is 1.00 bits per heavy atom. The Morgan fingerprint density at radius 3 is 2.33 bits per heavy atom. The zero-order chi connectivity index (χ0) is 30.2. The summed E-state index contributed by atoms with van der Waals surface area (Å²) in [5, 5.41) is 11.8. The second-order valence-electron chi connectivity index (χ2n) is 10.8. The maximum atomic E-state index is 13.6. The number of carbonyl (C=O) groups is 1. The monoisotopic (exact) mass is 586 g/mol. The van der Waals surface area contributed by atoms with Crippen molar-refractivity contribution in [1.29, 1.82) is 0 Å². The Balaban J connectivity index is 1.49. The van der Waals surface area contributed by atoms with E-state index in [0.717, 1.165) is 39.1 Å². The molecule has 0 saturated carbocycles. The topological polar surface area (TPSA) is 122 Å². The van der Waals surface area contributed by atoms with Gasteiger partial charge in [0.1, 0.15) is 6.54 Å². The van der Waals surface area contributed by atoms with Gasteiger partial charge in [-0.3, -0.25) is 9.78 Å². The summed E-state index contributed by atoms with van der Waals surface area (Å²) in [5.74, 6) is 0.157. The van der Waals surface area contributed by atoms with E-state index in [1.807, 2.05) is 58.9 Å². The number of hydrogen-bond donors (Lipinski definition) is 0. The molecule has 3 aromatic heterocycles. The molecule has 10 nitrogen and oxygen atoms in total. The summed E-state index contributed by atoms with van der Waals surface area (Å²) in [4.78, 5) is 17.2. The molecule has 218 valence electrons. The lowest BCUT2D eigenvalue weighted by Crippen LogP contribution is -2.15. The molecule has 0 atom stereocenters. The predicted octanol–water partition coefficient (Wildman–Crippen LogP) is 5.13. The first kappa shape index (κ1) is 29.1. The summed E-state index contributed by atoms with van der Waals surface area (Å²) >= 11 is 0. The lowest BCUT2D eigenvalue weighted by molar-refractivity contribution is -0.144. The Kier molecular flexibility index (Phi) is 7.96. The van der Waals surface area contributed by atoms with Crippen molar-refractivity contribution in [3.63, 3.8) is 0 Å². The van der Waals surface area contributed by atoms with Crippen molar-refractivity contribution in [2.75, 3.05) is 6.61 Å². The molecule has 0 amide bonds. The van der Waals surface area contributed by atoms with Crippen LogP contribution in [0.25, 0.3) is 22.4 Å². The maximum Gasteiger partial charge on any atom is 0.327 e. The molecule has 0 aliphatic rings. The summed E-state index contributed by atoms with van der Waals surface area (Å²) in [5.41, 5.74) is 7.90. The number of fused-ring (bicyclic) bond motifs is 1. The maximum absolute atomic E-state index is 13.6. The number of aromatic nitrogens is 6. The Morgan fingerprint density at radius 2 is 1.69 bits per heavy atom. The first-order valence-electron chi connectivity index (χ1n) is 13.8. The molecule has 0 radical (unpaired) electrons. The van der Waals surface area contributed by atoms with Gasteiger partial charge in [-0.05, 0) is 103 Å². The van der Waals surface area contributed by atoms with Crippen LogP contribution < -0.4 is 0 Å². The number of rotatable bonds is 9. The van der Waals surface area contributed by atoms with E-state index in [0.29, 0.717) is 23.3 Å². The van der Waals surface area contributed by atoms with Crippen LogP contribution in [0, 0.1) is 20.8 Å². The van der Waals surface area contributed by atoms with Gasteiger partial charge in [-0.25, -0.2) is 17.1 Å². The van der Waals surface area contributed by atoms with Crippen molar-refractivity contribution in [3.05, 3.63) is 88.2 Å². The zero-order valence-electron chi connectivity index (χ0n) is 24.6. The van der Waals surface area contributed by atoms with Crippen molar-refractivity contribution >= 4 is 27.0 Å². The van der Waals surface area contributed by atoms with Crippen molar-refractivity contribution in [2.24, 2.45) is 0 Å². The molecule has 5 rings (SSSR count). The van der Waals surface area contributed by atoms with Crippen LogP contribution in [-0.2, 0) is 32.5 Å². The van der Waals surface area contributed by atoms with Gasteiger partial charge in [-0.1, -0.05) is 31.5 Å². The summed E-state index contributed by atoms with van der Waals surface area (Å²) < 4.78 is 35.0. The average Bonchev–Trinajstić information content (AvgIpc) is 3.56. The number of nitrogens with zero attached hydrogens (tertiary/aromatic N) is 6. The zero-order valence-corrected chi connectivity index (χ0v) is 25.4. The number of hydrogen-bond acceptors (Lipinski definition) is 8. The fraction of sp³-hybridized carbons (Fsp3) is 0.323. The van der Waals surface area contributed by atoms with Crippen molar-refractivity contribution < 1.29 is 17.9 Å². The second-order valence-corrected chi connectivity index (χ2v) is 12.6. The molecule has 0 fully saturated rings. The van der Waals surface area contributed by atoms with E-state index in [1.54, 1.807) is 37.4 Å². The molecule has 11 heteroatoms. The minimum atomic E-state index is -3.79. The SMILES string of the molecule is CCOC(=O)Cn1nnnc1-c1cc(C)c(Cc2ccc3c(n2)c(C(C)C)cn3S(=O)(=O)c2ccc(C)cc2)c(C)c1. The summed E-state index contributed by atoms with van der Waals surface area (Å²) in [7, 11) is -3.79. The Bertz CT molecular complexity index is 1870.